The average Bonchev–Trinajstić information content (AvgIpc) is 2.76. The summed E-state index contributed by atoms with van der Waals surface area (Å²) in [6.45, 7) is 6.04. The fourth-order valence-corrected chi connectivity index (χ4v) is 3.05. The zero-order valence-corrected chi connectivity index (χ0v) is 12.9. The topological polar surface area (TPSA) is 35.2 Å². The molecule has 2 aromatic rings. The summed E-state index contributed by atoms with van der Waals surface area (Å²) in [4.78, 5) is 2.40. The molecule has 0 aliphatic heterocycles. The van der Waals surface area contributed by atoms with Crippen LogP contribution in [0, 0.1) is 13.8 Å². The molecule has 0 aliphatic carbocycles. The van der Waals surface area contributed by atoms with Crippen molar-refractivity contribution in [3.05, 3.63) is 50.7 Å². The van der Waals surface area contributed by atoms with Crippen molar-refractivity contribution in [1.82, 2.24) is 0 Å². The molecule has 2 unspecified atom stereocenters. The second-order valence-corrected chi connectivity index (χ2v) is 6.51. The molecule has 1 aromatic heterocycles. The predicted octanol–water partition coefficient (Wildman–Crippen LogP) is 4.49. The third-order valence-electron chi connectivity index (χ3n) is 2.92. The lowest BCUT2D eigenvalue weighted by Crippen LogP contribution is -2.28. The van der Waals surface area contributed by atoms with Crippen LogP contribution in [0.15, 0.2) is 30.3 Å². The Labute approximate surface area is 123 Å². The number of thiophene rings is 1. The van der Waals surface area contributed by atoms with E-state index in [-0.39, 0.29) is 12.1 Å². The van der Waals surface area contributed by atoms with Crippen LogP contribution in [0.3, 0.4) is 0 Å². The second-order valence-electron chi connectivity index (χ2n) is 4.76. The highest BCUT2D eigenvalue weighted by molar-refractivity contribution is 7.12. The normalized spacial score (nSPS) is 14.2. The molecule has 0 spiro atoms. The molecule has 0 fully saturated rings. The van der Waals surface area contributed by atoms with Crippen LogP contribution in [-0.4, -0.2) is 6.04 Å². The van der Waals surface area contributed by atoms with E-state index in [1.165, 1.54) is 4.88 Å². The molecule has 2 rings (SSSR count). The Morgan fingerprint density at radius 1 is 1.21 bits per heavy atom. The van der Waals surface area contributed by atoms with Gasteiger partial charge in [-0.2, -0.15) is 0 Å². The number of rotatable bonds is 4. The number of hydrogen-bond donors (Lipinski definition) is 1. The first-order chi connectivity index (χ1) is 8.97. The SMILES string of the molecule is Cc1ccc(C(Oc2cc(Cl)ccc2C)C(C)N)s1. The summed E-state index contributed by atoms with van der Waals surface area (Å²) in [7, 11) is 0. The van der Waals surface area contributed by atoms with E-state index in [4.69, 9.17) is 22.1 Å². The van der Waals surface area contributed by atoms with Crippen LogP contribution in [0.2, 0.25) is 5.02 Å². The van der Waals surface area contributed by atoms with Crippen LogP contribution >= 0.6 is 22.9 Å². The monoisotopic (exact) mass is 295 g/mol. The molecule has 19 heavy (non-hydrogen) atoms. The Balaban J connectivity index is 2.29. The van der Waals surface area contributed by atoms with Gasteiger partial charge in [0.05, 0.1) is 0 Å². The van der Waals surface area contributed by atoms with Crippen molar-refractivity contribution in [2.75, 3.05) is 0 Å². The van der Waals surface area contributed by atoms with E-state index in [1.807, 2.05) is 32.0 Å². The Bertz CT molecular complexity index is 565. The first kappa shape index (κ1) is 14.4. The van der Waals surface area contributed by atoms with E-state index in [0.29, 0.717) is 5.02 Å². The first-order valence-electron chi connectivity index (χ1n) is 6.22. The van der Waals surface area contributed by atoms with Gasteiger partial charge in [-0.1, -0.05) is 17.7 Å². The molecule has 2 N–H and O–H groups in total. The molecule has 0 aliphatic rings. The van der Waals surface area contributed by atoms with Crippen LogP contribution in [0.4, 0.5) is 0 Å². The summed E-state index contributed by atoms with van der Waals surface area (Å²) >= 11 is 7.74. The lowest BCUT2D eigenvalue weighted by Gasteiger charge is -2.22. The lowest BCUT2D eigenvalue weighted by molar-refractivity contribution is 0.183. The molecule has 0 saturated carbocycles. The van der Waals surface area contributed by atoms with Gasteiger partial charge in [0.2, 0.25) is 0 Å². The summed E-state index contributed by atoms with van der Waals surface area (Å²) in [6, 6.07) is 9.73. The summed E-state index contributed by atoms with van der Waals surface area (Å²) in [5.74, 6) is 0.792. The molecule has 0 amide bonds. The van der Waals surface area contributed by atoms with Gasteiger partial charge in [0.15, 0.2) is 0 Å². The van der Waals surface area contributed by atoms with E-state index in [1.54, 1.807) is 11.3 Å². The van der Waals surface area contributed by atoms with Gasteiger partial charge in [-0.15, -0.1) is 11.3 Å². The maximum atomic E-state index is 6.09. The minimum Gasteiger partial charge on any atom is -0.483 e. The minimum atomic E-state index is -0.143. The van der Waals surface area contributed by atoms with Gasteiger partial charge < -0.3 is 10.5 Å². The summed E-state index contributed by atoms with van der Waals surface area (Å²) in [6.07, 6.45) is -0.143. The van der Waals surface area contributed by atoms with E-state index in [9.17, 15) is 0 Å². The summed E-state index contributed by atoms with van der Waals surface area (Å²) < 4.78 is 6.09. The molecule has 2 atom stereocenters. The van der Waals surface area contributed by atoms with Crippen LogP contribution in [0.1, 0.15) is 28.3 Å². The Morgan fingerprint density at radius 2 is 1.95 bits per heavy atom. The number of benzene rings is 1. The van der Waals surface area contributed by atoms with Gasteiger partial charge in [0.1, 0.15) is 11.9 Å². The molecule has 4 heteroatoms. The van der Waals surface area contributed by atoms with Crippen molar-refractivity contribution in [3.63, 3.8) is 0 Å². The smallest absolute Gasteiger partial charge is 0.148 e. The van der Waals surface area contributed by atoms with Crippen molar-refractivity contribution < 1.29 is 4.74 Å². The highest BCUT2D eigenvalue weighted by atomic mass is 35.5. The molecule has 1 heterocycles. The maximum absolute atomic E-state index is 6.09. The second kappa shape index (κ2) is 5.95. The molecule has 0 saturated heterocycles. The Hall–Kier alpha value is -1.03. The predicted molar refractivity (Wildman–Crippen MR) is 82.3 cm³/mol. The standard InChI is InChI=1S/C15H18ClNOS/c1-9-4-6-12(16)8-13(9)18-15(11(3)17)14-7-5-10(2)19-14/h4-8,11,15H,17H2,1-3H3. The first-order valence-corrected chi connectivity index (χ1v) is 7.41. The molecule has 102 valence electrons. The fourth-order valence-electron chi connectivity index (χ4n) is 1.87. The number of hydrogen-bond acceptors (Lipinski definition) is 3. The van der Waals surface area contributed by atoms with Gasteiger partial charge >= 0.3 is 0 Å². The van der Waals surface area contributed by atoms with Gasteiger partial charge in [0, 0.05) is 20.8 Å². The van der Waals surface area contributed by atoms with Crippen LogP contribution in [-0.2, 0) is 0 Å². The highest BCUT2D eigenvalue weighted by Crippen LogP contribution is 2.32. The maximum Gasteiger partial charge on any atom is 0.148 e. The average molecular weight is 296 g/mol. The van der Waals surface area contributed by atoms with Gasteiger partial charge in [0.25, 0.3) is 0 Å². The van der Waals surface area contributed by atoms with Crippen molar-refractivity contribution in [1.29, 1.82) is 0 Å². The highest BCUT2D eigenvalue weighted by Gasteiger charge is 2.20. The molecule has 1 aromatic carbocycles. The zero-order valence-electron chi connectivity index (χ0n) is 11.3. The number of nitrogens with two attached hydrogens (primary N) is 1. The van der Waals surface area contributed by atoms with Crippen molar-refractivity contribution in [2.45, 2.75) is 32.9 Å². The van der Waals surface area contributed by atoms with Crippen molar-refractivity contribution in [2.24, 2.45) is 5.73 Å². The van der Waals surface area contributed by atoms with Gasteiger partial charge in [-0.25, -0.2) is 0 Å². The third-order valence-corrected chi connectivity index (χ3v) is 4.22. The zero-order chi connectivity index (χ0) is 14.0. The van der Waals surface area contributed by atoms with E-state index < -0.39 is 0 Å². The fraction of sp³-hybridized carbons (Fsp3) is 0.333. The van der Waals surface area contributed by atoms with Crippen molar-refractivity contribution >= 4 is 22.9 Å². The molecule has 0 radical (unpaired) electrons. The molecular formula is C15H18ClNOS. The summed E-state index contributed by atoms with van der Waals surface area (Å²) in [5.41, 5.74) is 7.12. The summed E-state index contributed by atoms with van der Waals surface area (Å²) in [5, 5.41) is 0.673. The number of ether oxygens (including phenoxy) is 1. The largest absolute Gasteiger partial charge is 0.483 e. The van der Waals surface area contributed by atoms with Gasteiger partial charge in [-0.05, 0) is 50.6 Å². The number of aryl methyl sites for hydroxylation is 2. The quantitative estimate of drug-likeness (QED) is 0.902. The molecular weight excluding hydrogens is 278 g/mol. The minimum absolute atomic E-state index is 0.0866. The van der Waals surface area contributed by atoms with E-state index in [0.717, 1.165) is 16.2 Å². The third kappa shape index (κ3) is 3.50. The molecule has 2 nitrogen and oxygen atoms in total. The van der Waals surface area contributed by atoms with E-state index in [2.05, 4.69) is 19.1 Å². The van der Waals surface area contributed by atoms with Crippen molar-refractivity contribution in [3.8, 4) is 5.75 Å². The van der Waals surface area contributed by atoms with Crippen LogP contribution in [0.25, 0.3) is 0 Å². The lowest BCUT2D eigenvalue weighted by atomic mass is 10.1. The Kier molecular flexibility index (Phi) is 4.50. The van der Waals surface area contributed by atoms with Crippen LogP contribution in [0.5, 0.6) is 5.75 Å². The van der Waals surface area contributed by atoms with Crippen LogP contribution < -0.4 is 10.5 Å². The van der Waals surface area contributed by atoms with E-state index >= 15 is 0 Å². The Morgan fingerprint density at radius 3 is 2.53 bits per heavy atom. The molecule has 0 bridgehead atoms. The number of halogens is 1. The van der Waals surface area contributed by atoms with Gasteiger partial charge in [-0.3, -0.25) is 0 Å².